The summed E-state index contributed by atoms with van der Waals surface area (Å²) in [5.41, 5.74) is 5.34. The summed E-state index contributed by atoms with van der Waals surface area (Å²) in [4.78, 5) is 34.9. The smallest absolute Gasteiger partial charge is 0.462 e. The first-order chi connectivity index (χ1) is 26.8. The first-order valence-electron chi connectivity index (χ1n) is 21.8. The van der Waals surface area contributed by atoms with Crippen molar-refractivity contribution in [2.75, 3.05) is 26.4 Å². The van der Waals surface area contributed by atoms with Gasteiger partial charge in [0.15, 0.2) is 6.10 Å². The van der Waals surface area contributed by atoms with Crippen LogP contribution in [0.5, 0.6) is 0 Å². The van der Waals surface area contributed by atoms with Crippen LogP contribution >= 0.6 is 7.82 Å². The number of hydrogen-bond donors (Lipinski definition) is 2. The van der Waals surface area contributed by atoms with Crippen molar-refractivity contribution in [3.63, 3.8) is 0 Å². The molecule has 0 aromatic heterocycles. The molecule has 0 rings (SSSR count). The van der Waals surface area contributed by atoms with Gasteiger partial charge in [0.25, 0.3) is 0 Å². The Balaban J connectivity index is 4.17. The van der Waals surface area contributed by atoms with Gasteiger partial charge in [0.1, 0.15) is 6.61 Å². The Hall–Kier alpha value is -2.29. The second-order valence-electron chi connectivity index (χ2n) is 14.2. The van der Waals surface area contributed by atoms with Crippen LogP contribution in [0.1, 0.15) is 181 Å². The van der Waals surface area contributed by atoms with E-state index in [0.29, 0.717) is 6.42 Å². The lowest BCUT2D eigenvalue weighted by molar-refractivity contribution is -0.161. The predicted octanol–water partition coefficient (Wildman–Crippen LogP) is 12.5. The first-order valence-corrected chi connectivity index (χ1v) is 23.3. The Morgan fingerprint density at radius 1 is 0.564 bits per heavy atom. The maximum atomic E-state index is 12.6. The second-order valence-corrected chi connectivity index (χ2v) is 15.6. The Labute approximate surface area is 336 Å². The van der Waals surface area contributed by atoms with E-state index in [1.807, 2.05) is 0 Å². The van der Waals surface area contributed by atoms with E-state index in [9.17, 15) is 19.0 Å². The summed E-state index contributed by atoms with van der Waals surface area (Å²) in [5, 5.41) is 0. The normalized spacial score (nSPS) is 13.9. The van der Waals surface area contributed by atoms with Gasteiger partial charge in [-0.3, -0.25) is 18.6 Å². The SMILES string of the molecule is CC/C=C\C/C=C\C/C=C\CCCCCCCC(=O)O[C@H](COC(=O)CCCCCCCCCCC/C=C\C/C=C\CCCCC)COP(=O)(O)OCCN. The van der Waals surface area contributed by atoms with Crippen LogP contribution < -0.4 is 5.73 Å². The molecule has 318 valence electrons. The molecule has 3 N–H and O–H groups in total. The minimum atomic E-state index is -4.38. The lowest BCUT2D eigenvalue weighted by atomic mass is 10.1. The second kappa shape index (κ2) is 41.3. The Bertz CT molecular complexity index is 1090. The number of phosphoric ester groups is 1. The fraction of sp³-hybridized carbons (Fsp3) is 0.733. The van der Waals surface area contributed by atoms with Gasteiger partial charge >= 0.3 is 19.8 Å². The number of nitrogens with two attached hydrogens (primary N) is 1. The molecule has 0 aromatic rings. The zero-order valence-corrected chi connectivity index (χ0v) is 35.8. The minimum absolute atomic E-state index is 0.0472. The number of allylic oxidation sites excluding steroid dienone is 10. The van der Waals surface area contributed by atoms with E-state index in [4.69, 9.17) is 24.3 Å². The molecule has 0 aromatic carbocycles. The van der Waals surface area contributed by atoms with Crippen molar-refractivity contribution < 1.29 is 37.6 Å². The number of esters is 2. The summed E-state index contributed by atoms with van der Waals surface area (Å²) in [6.45, 7) is 3.56. The number of phosphoric acid groups is 1. The Morgan fingerprint density at radius 3 is 1.49 bits per heavy atom. The molecule has 1 unspecified atom stereocenters. The molecule has 10 heteroatoms. The third kappa shape index (κ3) is 41.2. The van der Waals surface area contributed by atoms with Gasteiger partial charge in [-0.2, -0.15) is 0 Å². The minimum Gasteiger partial charge on any atom is -0.462 e. The quantitative estimate of drug-likeness (QED) is 0.0269. The van der Waals surface area contributed by atoms with E-state index in [1.54, 1.807) is 0 Å². The van der Waals surface area contributed by atoms with Crippen molar-refractivity contribution >= 4 is 19.8 Å². The van der Waals surface area contributed by atoms with Gasteiger partial charge in [-0.15, -0.1) is 0 Å². The average Bonchev–Trinajstić information content (AvgIpc) is 3.17. The molecular weight excluding hydrogens is 713 g/mol. The molecule has 0 amide bonds. The molecule has 0 radical (unpaired) electrons. The van der Waals surface area contributed by atoms with E-state index >= 15 is 0 Å². The van der Waals surface area contributed by atoms with Crippen LogP contribution in [0.3, 0.4) is 0 Å². The molecule has 2 atom stereocenters. The number of carbonyl (C=O) groups excluding carboxylic acids is 2. The summed E-state index contributed by atoms with van der Waals surface area (Å²) in [6, 6.07) is 0. The highest BCUT2D eigenvalue weighted by molar-refractivity contribution is 7.47. The fourth-order valence-electron chi connectivity index (χ4n) is 5.68. The number of ether oxygens (including phenoxy) is 2. The Morgan fingerprint density at radius 2 is 1.00 bits per heavy atom. The summed E-state index contributed by atoms with van der Waals surface area (Å²) in [6.07, 6.45) is 48.2. The highest BCUT2D eigenvalue weighted by Gasteiger charge is 2.26. The maximum absolute atomic E-state index is 12.6. The van der Waals surface area contributed by atoms with Crippen molar-refractivity contribution in [3.8, 4) is 0 Å². The largest absolute Gasteiger partial charge is 0.472 e. The lowest BCUT2D eigenvalue weighted by Crippen LogP contribution is -2.29. The monoisotopic (exact) mass is 794 g/mol. The standard InChI is InChI=1S/C45H80NO8P/c1-3-5-7-9-11-13-15-17-19-20-21-22-24-25-27-29-31-33-35-37-44(47)51-41-43(42-53-55(49,50)52-40-39-46)54-45(48)38-36-34-32-30-28-26-23-18-16-14-12-10-8-6-4-2/h6,8,11-14,17-19,23,43H,3-5,7,9-10,15-16,20-22,24-42,46H2,1-2H3,(H,49,50)/b8-6-,13-11-,14-12-,19-17-,23-18-/t43-/m1/s1. The third-order valence-corrected chi connectivity index (χ3v) is 9.87. The molecular formula is C45H80NO8P. The molecule has 0 heterocycles. The molecule has 0 fully saturated rings. The molecule has 0 bridgehead atoms. The molecule has 0 aliphatic rings. The average molecular weight is 794 g/mol. The van der Waals surface area contributed by atoms with Crippen LogP contribution in [0, 0.1) is 0 Å². The molecule has 0 aliphatic carbocycles. The Kier molecular flexibility index (Phi) is 39.6. The molecule has 0 spiro atoms. The van der Waals surface area contributed by atoms with Crippen LogP contribution in [-0.4, -0.2) is 49.3 Å². The highest BCUT2D eigenvalue weighted by Crippen LogP contribution is 2.43. The van der Waals surface area contributed by atoms with E-state index in [2.05, 4.69) is 74.6 Å². The topological polar surface area (TPSA) is 134 Å². The highest BCUT2D eigenvalue weighted by atomic mass is 31.2. The van der Waals surface area contributed by atoms with Gasteiger partial charge in [0, 0.05) is 19.4 Å². The van der Waals surface area contributed by atoms with Gasteiger partial charge in [0.05, 0.1) is 13.2 Å². The number of rotatable bonds is 40. The van der Waals surface area contributed by atoms with Gasteiger partial charge in [-0.25, -0.2) is 4.57 Å². The van der Waals surface area contributed by atoms with Crippen molar-refractivity contribution in [1.82, 2.24) is 0 Å². The molecule has 0 aliphatic heterocycles. The lowest BCUT2D eigenvalue weighted by Gasteiger charge is -2.19. The predicted molar refractivity (Wildman–Crippen MR) is 229 cm³/mol. The van der Waals surface area contributed by atoms with E-state index in [-0.39, 0.29) is 32.6 Å². The molecule has 9 nitrogen and oxygen atoms in total. The van der Waals surface area contributed by atoms with Crippen LogP contribution in [-0.2, 0) is 32.7 Å². The van der Waals surface area contributed by atoms with Crippen molar-refractivity contribution in [1.29, 1.82) is 0 Å². The number of carbonyl (C=O) groups is 2. The van der Waals surface area contributed by atoms with Crippen LogP contribution in [0.25, 0.3) is 0 Å². The summed E-state index contributed by atoms with van der Waals surface area (Å²) >= 11 is 0. The van der Waals surface area contributed by atoms with Crippen LogP contribution in [0.15, 0.2) is 60.8 Å². The summed E-state index contributed by atoms with van der Waals surface area (Å²) in [5.74, 6) is -0.856. The first kappa shape index (κ1) is 52.7. The van der Waals surface area contributed by atoms with Crippen molar-refractivity contribution in [2.45, 2.75) is 187 Å². The molecule has 0 saturated heterocycles. The van der Waals surface area contributed by atoms with E-state index in [0.717, 1.165) is 89.9 Å². The third-order valence-electron chi connectivity index (χ3n) is 8.89. The maximum Gasteiger partial charge on any atom is 0.472 e. The number of unbranched alkanes of at least 4 members (excludes halogenated alkanes) is 17. The summed E-state index contributed by atoms with van der Waals surface area (Å²) < 4.78 is 32.8. The van der Waals surface area contributed by atoms with Gasteiger partial charge in [-0.05, 0) is 77.0 Å². The molecule has 55 heavy (non-hydrogen) atoms. The van der Waals surface area contributed by atoms with Crippen LogP contribution in [0.4, 0.5) is 0 Å². The summed E-state index contributed by atoms with van der Waals surface area (Å²) in [7, 11) is -4.38. The van der Waals surface area contributed by atoms with Crippen LogP contribution in [0.2, 0.25) is 0 Å². The van der Waals surface area contributed by atoms with Crippen molar-refractivity contribution in [2.24, 2.45) is 5.73 Å². The number of hydrogen-bond acceptors (Lipinski definition) is 8. The fourth-order valence-corrected chi connectivity index (χ4v) is 6.44. The van der Waals surface area contributed by atoms with Gasteiger partial charge in [0.2, 0.25) is 0 Å². The zero-order valence-electron chi connectivity index (χ0n) is 34.9. The van der Waals surface area contributed by atoms with Gasteiger partial charge in [-0.1, -0.05) is 152 Å². The van der Waals surface area contributed by atoms with E-state index in [1.165, 1.54) is 57.8 Å². The van der Waals surface area contributed by atoms with Crippen molar-refractivity contribution in [3.05, 3.63) is 60.8 Å². The molecule has 0 saturated carbocycles. The zero-order chi connectivity index (χ0) is 40.3. The van der Waals surface area contributed by atoms with Gasteiger partial charge < -0.3 is 20.1 Å². The van der Waals surface area contributed by atoms with E-state index < -0.39 is 32.5 Å².